The molecule has 5 heteroatoms. The van der Waals surface area contributed by atoms with Crippen LogP contribution in [0.25, 0.3) is 5.69 Å². The normalized spacial score (nSPS) is 10.6. The van der Waals surface area contributed by atoms with Crippen LogP contribution in [-0.4, -0.2) is 33.2 Å². The van der Waals surface area contributed by atoms with E-state index in [4.69, 9.17) is 5.26 Å². The zero-order chi connectivity index (χ0) is 17.0. The molecular weight excluding hydrogens is 288 g/mol. The van der Waals surface area contributed by atoms with Gasteiger partial charge in [0, 0.05) is 12.6 Å². The van der Waals surface area contributed by atoms with Crippen LogP contribution in [0.5, 0.6) is 0 Å². The molecule has 0 unspecified atom stereocenters. The van der Waals surface area contributed by atoms with Crippen molar-refractivity contribution in [2.24, 2.45) is 0 Å². The molecule has 1 amide bonds. The van der Waals surface area contributed by atoms with Crippen molar-refractivity contribution in [3.63, 3.8) is 0 Å². The van der Waals surface area contributed by atoms with Gasteiger partial charge in [0.05, 0.1) is 35.6 Å². The summed E-state index contributed by atoms with van der Waals surface area (Å²) >= 11 is 0. The first kappa shape index (κ1) is 16.8. The number of nitrogens with zero attached hydrogens (tertiary/aromatic N) is 4. The minimum Gasteiger partial charge on any atom is -0.335 e. The molecule has 0 N–H and O–H groups in total. The molecule has 2 aromatic rings. The van der Waals surface area contributed by atoms with E-state index in [0.29, 0.717) is 18.5 Å². The molecular formula is C18H22N4O. The van der Waals surface area contributed by atoms with Gasteiger partial charge in [-0.1, -0.05) is 18.2 Å². The molecule has 0 saturated heterocycles. The Balaban J connectivity index is 2.37. The molecule has 0 aliphatic rings. The molecule has 23 heavy (non-hydrogen) atoms. The van der Waals surface area contributed by atoms with Crippen LogP contribution in [0.2, 0.25) is 0 Å². The van der Waals surface area contributed by atoms with Crippen molar-refractivity contribution in [2.45, 2.75) is 40.2 Å². The number of carbonyl (C=O) groups is 1. The van der Waals surface area contributed by atoms with Gasteiger partial charge in [0.15, 0.2) is 0 Å². The highest BCUT2D eigenvalue weighted by Gasteiger charge is 2.23. The van der Waals surface area contributed by atoms with Gasteiger partial charge in [0.2, 0.25) is 0 Å². The van der Waals surface area contributed by atoms with Gasteiger partial charge < -0.3 is 4.90 Å². The second kappa shape index (κ2) is 7.10. The highest BCUT2D eigenvalue weighted by Crippen LogP contribution is 2.19. The van der Waals surface area contributed by atoms with Crippen molar-refractivity contribution in [1.29, 1.82) is 5.26 Å². The van der Waals surface area contributed by atoms with Crippen molar-refractivity contribution < 1.29 is 4.79 Å². The average Bonchev–Trinajstić information content (AvgIpc) is 2.89. The quantitative estimate of drug-likeness (QED) is 0.851. The third kappa shape index (κ3) is 3.42. The number of aryl methyl sites for hydroxylation is 1. The van der Waals surface area contributed by atoms with Crippen LogP contribution in [0.1, 0.15) is 41.9 Å². The predicted octanol–water partition coefficient (Wildman–Crippen LogP) is 3.25. The number of benzene rings is 1. The second-order valence-corrected chi connectivity index (χ2v) is 5.84. The Hall–Kier alpha value is -2.61. The van der Waals surface area contributed by atoms with Gasteiger partial charge in [0.25, 0.3) is 5.91 Å². The van der Waals surface area contributed by atoms with E-state index in [-0.39, 0.29) is 11.9 Å². The van der Waals surface area contributed by atoms with Crippen LogP contribution < -0.4 is 0 Å². The van der Waals surface area contributed by atoms with E-state index in [9.17, 15) is 4.79 Å². The largest absolute Gasteiger partial charge is 0.335 e. The molecule has 5 nitrogen and oxygen atoms in total. The maximum atomic E-state index is 12.8. The summed E-state index contributed by atoms with van der Waals surface area (Å²) < 4.78 is 1.80. The molecule has 0 bridgehead atoms. The Morgan fingerprint density at radius 2 is 2.04 bits per heavy atom. The number of rotatable bonds is 5. The third-order valence-corrected chi connectivity index (χ3v) is 3.93. The van der Waals surface area contributed by atoms with Crippen LogP contribution in [0.3, 0.4) is 0 Å². The lowest BCUT2D eigenvalue weighted by atomic mass is 10.1. The molecule has 0 atom stereocenters. The summed E-state index contributed by atoms with van der Waals surface area (Å²) in [4.78, 5) is 14.5. The zero-order valence-electron chi connectivity index (χ0n) is 14.1. The standard InChI is InChI=1S/C18H22N4O/c1-13(2)21(11-7-10-19)18(23)16-12-20-22(15(16)4)17-9-6-5-8-14(17)3/h5-6,8-9,12-13H,7,11H2,1-4H3. The van der Waals surface area contributed by atoms with Gasteiger partial charge in [-0.2, -0.15) is 10.4 Å². The van der Waals surface area contributed by atoms with Crippen LogP contribution in [0, 0.1) is 25.2 Å². The number of para-hydroxylation sites is 1. The fourth-order valence-electron chi connectivity index (χ4n) is 2.58. The number of amides is 1. The first-order valence-electron chi connectivity index (χ1n) is 7.76. The third-order valence-electron chi connectivity index (χ3n) is 3.93. The fraction of sp³-hybridized carbons (Fsp3) is 0.389. The summed E-state index contributed by atoms with van der Waals surface area (Å²) in [5.41, 5.74) is 3.46. The summed E-state index contributed by atoms with van der Waals surface area (Å²) in [6.07, 6.45) is 1.95. The first-order valence-corrected chi connectivity index (χ1v) is 7.76. The topological polar surface area (TPSA) is 61.9 Å². The average molecular weight is 310 g/mol. The SMILES string of the molecule is Cc1ccccc1-n1ncc(C(=O)N(CCC#N)C(C)C)c1C. The molecule has 1 heterocycles. The van der Waals surface area contributed by atoms with Crippen LogP contribution >= 0.6 is 0 Å². The lowest BCUT2D eigenvalue weighted by Gasteiger charge is -2.25. The Kier molecular flexibility index (Phi) is 5.17. The summed E-state index contributed by atoms with van der Waals surface area (Å²) in [7, 11) is 0. The van der Waals surface area contributed by atoms with E-state index in [0.717, 1.165) is 16.9 Å². The molecule has 0 spiro atoms. The van der Waals surface area contributed by atoms with E-state index in [1.54, 1.807) is 15.8 Å². The van der Waals surface area contributed by atoms with Gasteiger partial charge in [-0.15, -0.1) is 0 Å². The summed E-state index contributed by atoms with van der Waals surface area (Å²) in [5.74, 6) is -0.0763. The van der Waals surface area contributed by atoms with E-state index in [1.807, 2.05) is 52.0 Å². The van der Waals surface area contributed by atoms with Gasteiger partial charge in [0.1, 0.15) is 0 Å². The van der Waals surface area contributed by atoms with Crippen molar-refractivity contribution in [3.8, 4) is 11.8 Å². The Morgan fingerprint density at radius 1 is 1.35 bits per heavy atom. The van der Waals surface area contributed by atoms with Gasteiger partial charge >= 0.3 is 0 Å². The Bertz CT molecular complexity index is 740. The van der Waals surface area contributed by atoms with E-state index in [1.165, 1.54) is 0 Å². The smallest absolute Gasteiger partial charge is 0.257 e. The number of aromatic nitrogens is 2. The van der Waals surface area contributed by atoms with Crippen molar-refractivity contribution >= 4 is 5.91 Å². The molecule has 0 aliphatic heterocycles. The molecule has 0 fully saturated rings. The molecule has 0 radical (unpaired) electrons. The molecule has 1 aromatic carbocycles. The summed E-state index contributed by atoms with van der Waals surface area (Å²) in [6.45, 7) is 8.26. The van der Waals surface area contributed by atoms with Gasteiger partial charge in [-0.25, -0.2) is 4.68 Å². The van der Waals surface area contributed by atoms with Gasteiger partial charge in [-0.3, -0.25) is 4.79 Å². The molecule has 120 valence electrons. The monoisotopic (exact) mass is 310 g/mol. The lowest BCUT2D eigenvalue weighted by Crippen LogP contribution is -2.37. The Labute approximate surface area is 137 Å². The first-order chi connectivity index (χ1) is 11.0. The van der Waals surface area contributed by atoms with E-state index >= 15 is 0 Å². The number of hydrogen-bond acceptors (Lipinski definition) is 3. The highest BCUT2D eigenvalue weighted by atomic mass is 16.2. The minimum absolute atomic E-state index is 0.0389. The maximum Gasteiger partial charge on any atom is 0.257 e. The molecule has 2 rings (SSSR count). The predicted molar refractivity (Wildman–Crippen MR) is 89.4 cm³/mol. The number of nitriles is 1. The molecule has 1 aromatic heterocycles. The molecule has 0 saturated carbocycles. The van der Waals surface area contributed by atoms with Crippen molar-refractivity contribution in [3.05, 3.63) is 47.3 Å². The summed E-state index contributed by atoms with van der Waals surface area (Å²) in [5, 5.41) is 13.2. The maximum absolute atomic E-state index is 12.8. The lowest BCUT2D eigenvalue weighted by molar-refractivity contribution is 0.0709. The van der Waals surface area contributed by atoms with Crippen LogP contribution in [0.15, 0.2) is 30.5 Å². The summed E-state index contributed by atoms with van der Waals surface area (Å²) in [6, 6.07) is 10.1. The van der Waals surface area contributed by atoms with Crippen molar-refractivity contribution in [1.82, 2.24) is 14.7 Å². The zero-order valence-corrected chi connectivity index (χ0v) is 14.1. The minimum atomic E-state index is -0.0763. The van der Waals surface area contributed by atoms with E-state index in [2.05, 4.69) is 11.2 Å². The Morgan fingerprint density at radius 3 is 2.65 bits per heavy atom. The second-order valence-electron chi connectivity index (χ2n) is 5.84. The number of carbonyl (C=O) groups excluding carboxylic acids is 1. The van der Waals surface area contributed by atoms with Gasteiger partial charge in [-0.05, 0) is 39.3 Å². The molecule has 0 aliphatic carbocycles. The van der Waals surface area contributed by atoms with Crippen molar-refractivity contribution in [2.75, 3.05) is 6.54 Å². The fourth-order valence-corrected chi connectivity index (χ4v) is 2.58. The van der Waals surface area contributed by atoms with E-state index < -0.39 is 0 Å². The van der Waals surface area contributed by atoms with Crippen LogP contribution in [-0.2, 0) is 0 Å². The van der Waals surface area contributed by atoms with Crippen LogP contribution in [0.4, 0.5) is 0 Å². The highest BCUT2D eigenvalue weighted by molar-refractivity contribution is 5.95. The number of hydrogen-bond donors (Lipinski definition) is 0.